The third kappa shape index (κ3) is 5.34. The fourth-order valence-corrected chi connectivity index (χ4v) is 2.08. The number of amides is 2. The molecule has 1 rings (SSSR count). The molecule has 2 atom stereocenters. The van der Waals surface area contributed by atoms with Crippen LogP contribution in [-0.4, -0.2) is 35.4 Å². The highest BCUT2D eigenvalue weighted by Gasteiger charge is 2.27. The molecule has 0 fully saturated rings. The summed E-state index contributed by atoms with van der Waals surface area (Å²) in [6.07, 6.45) is -0.101. The summed E-state index contributed by atoms with van der Waals surface area (Å²) in [5.41, 5.74) is 5.04. The largest absolute Gasteiger partial charge is 0.466 e. The summed E-state index contributed by atoms with van der Waals surface area (Å²) < 4.78 is 4.80. The zero-order valence-corrected chi connectivity index (χ0v) is 13.4. The van der Waals surface area contributed by atoms with Gasteiger partial charge in [0.25, 0.3) is 11.6 Å². The van der Waals surface area contributed by atoms with Crippen LogP contribution in [0, 0.1) is 16.0 Å². The Bertz CT molecular complexity index is 646. The van der Waals surface area contributed by atoms with Gasteiger partial charge in [0.15, 0.2) is 0 Å². The van der Waals surface area contributed by atoms with Crippen molar-refractivity contribution in [1.29, 1.82) is 0 Å². The molecule has 3 N–H and O–H groups in total. The Morgan fingerprint density at radius 3 is 2.58 bits per heavy atom. The molecule has 1 aromatic carbocycles. The summed E-state index contributed by atoms with van der Waals surface area (Å²) in [7, 11) is 0. The number of nitrogens with two attached hydrogens (primary N) is 1. The maximum atomic E-state index is 12.2. The number of carbonyl (C=O) groups excluding carboxylic acids is 3. The van der Waals surface area contributed by atoms with Gasteiger partial charge in [0.1, 0.15) is 6.04 Å². The monoisotopic (exact) mass is 337 g/mol. The number of nitrogens with one attached hydrogen (secondary N) is 1. The van der Waals surface area contributed by atoms with Crippen molar-refractivity contribution in [2.45, 2.75) is 26.3 Å². The summed E-state index contributed by atoms with van der Waals surface area (Å²) >= 11 is 0. The second-order valence-electron chi connectivity index (χ2n) is 5.15. The lowest BCUT2D eigenvalue weighted by molar-refractivity contribution is -0.384. The minimum Gasteiger partial charge on any atom is -0.466 e. The normalized spacial score (nSPS) is 12.8. The van der Waals surface area contributed by atoms with Crippen LogP contribution in [0.2, 0.25) is 0 Å². The minimum atomic E-state index is -1.11. The van der Waals surface area contributed by atoms with Crippen molar-refractivity contribution in [2.75, 3.05) is 6.61 Å². The first-order valence-electron chi connectivity index (χ1n) is 7.26. The Morgan fingerprint density at radius 2 is 2.04 bits per heavy atom. The van der Waals surface area contributed by atoms with Crippen molar-refractivity contribution >= 4 is 23.5 Å². The molecule has 0 unspecified atom stereocenters. The minimum absolute atomic E-state index is 0.0128. The fourth-order valence-electron chi connectivity index (χ4n) is 2.08. The van der Waals surface area contributed by atoms with Gasteiger partial charge in [-0.25, -0.2) is 0 Å². The molecule has 0 aromatic heterocycles. The van der Waals surface area contributed by atoms with E-state index in [9.17, 15) is 24.5 Å². The zero-order chi connectivity index (χ0) is 18.3. The molecule has 0 aliphatic carbocycles. The van der Waals surface area contributed by atoms with Gasteiger partial charge in [-0.1, -0.05) is 13.0 Å². The van der Waals surface area contributed by atoms with E-state index in [0.29, 0.717) is 0 Å². The van der Waals surface area contributed by atoms with E-state index in [1.807, 2.05) is 0 Å². The second-order valence-corrected chi connectivity index (χ2v) is 5.15. The fraction of sp³-hybridized carbons (Fsp3) is 0.400. The van der Waals surface area contributed by atoms with Gasteiger partial charge < -0.3 is 15.8 Å². The van der Waals surface area contributed by atoms with E-state index in [0.717, 1.165) is 6.07 Å². The van der Waals surface area contributed by atoms with Crippen LogP contribution in [0.25, 0.3) is 0 Å². The highest BCUT2D eigenvalue weighted by Crippen LogP contribution is 2.15. The van der Waals surface area contributed by atoms with Crippen LogP contribution in [0.1, 0.15) is 30.6 Å². The molecule has 0 bridgehead atoms. The molecule has 24 heavy (non-hydrogen) atoms. The number of carbonyl (C=O) groups is 3. The highest BCUT2D eigenvalue weighted by atomic mass is 16.6. The molecule has 130 valence electrons. The first-order chi connectivity index (χ1) is 11.3. The van der Waals surface area contributed by atoms with Gasteiger partial charge in [0.2, 0.25) is 5.91 Å². The summed E-state index contributed by atoms with van der Waals surface area (Å²) in [6, 6.07) is 3.95. The molecule has 9 nitrogen and oxygen atoms in total. The number of primary amides is 1. The number of non-ortho nitro benzene ring substituents is 1. The van der Waals surface area contributed by atoms with Gasteiger partial charge >= 0.3 is 5.97 Å². The van der Waals surface area contributed by atoms with Crippen LogP contribution in [0.3, 0.4) is 0 Å². The van der Waals surface area contributed by atoms with E-state index in [-0.39, 0.29) is 24.3 Å². The second kappa shape index (κ2) is 8.61. The van der Waals surface area contributed by atoms with Crippen LogP contribution < -0.4 is 11.1 Å². The van der Waals surface area contributed by atoms with Gasteiger partial charge in [0.05, 0.1) is 18.0 Å². The summed E-state index contributed by atoms with van der Waals surface area (Å²) in [6.45, 7) is 3.42. The SMILES string of the molecule is CCOC(=O)C[C@H](C)[C@H](NC(=O)c1cccc([N+](=O)[O-])c1)C(N)=O. The molecule has 0 aliphatic rings. The molecule has 2 amide bonds. The van der Waals surface area contributed by atoms with E-state index < -0.39 is 34.7 Å². The summed E-state index contributed by atoms with van der Waals surface area (Å²) in [4.78, 5) is 45.4. The van der Waals surface area contributed by atoms with Crippen molar-refractivity contribution in [2.24, 2.45) is 11.7 Å². The van der Waals surface area contributed by atoms with Crippen LogP contribution in [-0.2, 0) is 14.3 Å². The lowest BCUT2D eigenvalue weighted by atomic mass is 9.97. The van der Waals surface area contributed by atoms with E-state index in [2.05, 4.69) is 5.32 Å². The number of esters is 1. The Balaban J connectivity index is 2.86. The van der Waals surface area contributed by atoms with Gasteiger partial charge in [-0.3, -0.25) is 24.5 Å². The molecule has 0 saturated carbocycles. The van der Waals surface area contributed by atoms with Gasteiger partial charge in [0, 0.05) is 17.7 Å². The van der Waals surface area contributed by atoms with E-state index in [1.54, 1.807) is 13.8 Å². The van der Waals surface area contributed by atoms with Crippen LogP contribution in [0.4, 0.5) is 5.69 Å². The van der Waals surface area contributed by atoms with Crippen LogP contribution in [0.5, 0.6) is 0 Å². The zero-order valence-electron chi connectivity index (χ0n) is 13.4. The third-order valence-electron chi connectivity index (χ3n) is 3.28. The Kier molecular flexibility index (Phi) is 6.84. The quantitative estimate of drug-likeness (QED) is 0.407. The first-order valence-corrected chi connectivity index (χ1v) is 7.26. The van der Waals surface area contributed by atoms with Crippen molar-refractivity contribution < 1.29 is 24.0 Å². The average molecular weight is 337 g/mol. The van der Waals surface area contributed by atoms with E-state index >= 15 is 0 Å². The van der Waals surface area contributed by atoms with Crippen LogP contribution in [0.15, 0.2) is 24.3 Å². The number of hydrogen-bond donors (Lipinski definition) is 2. The summed E-state index contributed by atoms with van der Waals surface area (Å²) in [5.74, 6) is -2.62. The van der Waals surface area contributed by atoms with Gasteiger partial charge in [-0.05, 0) is 18.9 Å². The van der Waals surface area contributed by atoms with Crippen molar-refractivity contribution in [1.82, 2.24) is 5.32 Å². The highest BCUT2D eigenvalue weighted by molar-refractivity contribution is 5.98. The molecule has 0 heterocycles. The lowest BCUT2D eigenvalue weighted by Gasteiger charge is -2.21. The van der Waals surface area contributed by atoms with Crippen molar-refractivity contribution in [3.8, 4) is 0 Å². The number of nitrogens with zero attached hydrogens (tertiary/aromatic N) is 1. The van der Waals surface area contributed by atoms with Gasteiger partial charge in [-0.15, -0.1) is 0 Å². The lowest BCUT2D eigenvalue weighted by Crippen LogP contribution is -2.49. The molecular formula is C15H19N3O6. The summed E-state index contributed by atoms with van der Waals surface area (Å²) in [5, 5.41) is 13.1. The van der Waals surface area contributed by atoms with E-state index in [4.69, 9.17) is 10.5 Å². The molecule has 9 heteroatoms. The van der Waals surface area contributed by atoms with Gasteiger partial charge in [-0.2, -0.15) is 0 Å². The predicted molar refractivity (Wildman–Crippen MR) is 84.0 cm³/mol. The average Bonchev–Trinajstić information content (AvgIpc) is 2.52. The number of ether oxygens (including phenoxy) is 1. The number of benzene rings is 1. The van der Waals surface area contributed by atoms with Crippen molar-refractivity contribution in [3.05, 3.63) is 39.9 Å². The molecule has 0 saturated heterocycles. The number of nitro benzene ring substituents is 1. The third-order valence-corrected chi connectivity index (χ3v) is 3.28. The standard InChI is InChI=1S/C15H19N3O6/c1-3-24-12(19)7-9(2)13(14(16)20)17-15(21)10-5-4-6-11(8-10)18(22)23/h4-6,8-9,13H,3,7H2,1-2H3,(H2,16,20)(H,17,21)/t9-,13-/m0/s1. The Labute approximate surface area is 138 Å². The smallest absolute Gasteiger partial charge is 0.306 e. The Hall–Kier alpha value is -2.97. The molecule has 0 radical (unpaired) electrons. The molecule has 1 aromatic rings. The maximum absolute atomic E-state index is 12.2. The topological polar surface area (TPSA) is 142 Å². The molecular weight excluding hydrogens is 318 g/mol. The molecule has 0 aliphatic heterocycles. The van der Waals surface area contributed by atoms with E-state index in [1.165, 1.54) is 18.2 Å². The number of rotatable bonds is 8. The first kappa shape index (κ1) is 19.1. The van der Waals surface area contributed by atoms with Crippen molar-refractivity contribution in [3.63, 3.8) is 0 Å². The number of hydrogen-bond acceptors (Lipinski definition) is 6. The molecule has 0 spiro atoms. The Morgan fingerprint density at radius 1 is 1.38 bits per heavy atom. The predicted octanol–water partition coefficient (Wildman–Crippen LogP) is 0.768. The maximum Gasteiger partial charge on any atom is 0.306 e. The number of nitro groups is 1. The van der Waals surface area contributed by atoms with Crippen LogP contribution >= 0.6 is 0 Å².